The number of aliphatic hydroxyl groups excluding tert-OH is 1. The SMILES string of the molecule is Cc1cccc(C(F)CO)c1. The Balaban J connectivity index is 2.86. The van der Waals surface area contributed by atoms with Crippen LogP contribution in [0.15, 0.2) is 24.3 Å². The first-order chi connectivity index (χ1) is 5.24. The third kappa shape index (κ3) is 2.02. The number of aliphatic hydroxyl groups is 1. The summed E-state index contributed by atoms with van der Waals surface area (Å²) in [7, 11) is 0. The van der Waals surface area contributed by atoms with E-state index in [1.54, 1.807) is 18.2 Å². The van der Waals surface area contributed by atoms with Gasteiger partial charge in [-0.3, -0.25) is 0 Å². The molecule has 1 nitrogen and oxygen atoms in total. The molecule has 11 heavy (non-hydrogen) atoms. The van der Waals surface area contributed by atoms with Crippen molar-refractivity contribution in [1.29, 1.82) is 0 Å². The van der Waals surface area contributed by atoms with E-state index in [4.69, 9.17) is 5.11 Å². The zero-order valence-electron chi connectivity index (χ0n) is 6.42. The van der Waals surface area contributed by atoms with Gasteiger partial charge >= 0.3 is 0 Å². The molecule has 1 rings (SSSR count). The molecular formula is C9H11FO. The summed E-state index contributed by atoms with van der Waals surface area (Å²) >= 11 is 0. The maximum absolute atomic E-state index is 12.8. The lowest BCUT2D eigenvalue weighted by molar-refractivity contribution is 0.180. The first-order valence-electron chi connectivity index (χ1n) is 3.55. The quantitative estimate of drug-likeness (QED) is 0.690. The minimum Gasteiger partial charge on any atom is -0.393 e. The molecule has 1 aromatic carbocycles. The fourth-order valence-electron chi connectivity index (χ4n) is 0.970. The predicted octanol–water partition coefficient (Wildman–Crippen LogP) is 2.00. The average Bonchev–Trinajstić information content (AvgIpc) is 2.03. The Kier molecular flexibility index (Phi) is 2.60. The largest absolute Gasteiger partial charge is 0.393 e. The maximum Gasteiger partial charge on any atom is 0.148 e. The Labute approximate surface area is 65.5 Å². The lowest BCUT2D eigenvalue weighted by Gasteiger charge is -2.04. The lowest BCUT2D eigenvalue weighted by atomic mass is 10.1. The van der Waals surface area contributed by atoms with Crippen molar-refractivity contribution in [2.75, 3.05) is 6.61 Å². The van der Waals surface area contributed by atoms with Crippen LogP contribution in [-0.4, -0.2) is 11.7 Å². The van der Waals surface area contributed by atoms with Gasteiger partial charge in [-0.2, -0.15) is 0 Å². The summed E-state index contributed by atoms with van der Waals surface area (Å²) in [5.74, 6) is 0. The number of benzene rings is 1. The van der Waals surface area contributed by atoms with Gasteiger partial charge in [0.15, 0.2) is 0 Å². The van der Waals surface area contributed by atoms with Crippen molar-refractivity contribution in [2.45, 2.75) is 13.1 Å². The van der Waals surface area contributed by atoms with Gasteiger partial charge in [0.25, 0.3) is 0 Å². The number of aryl methyl sites for hydroxylation is 1. The molecule has 0 aliphatic heterocycles. The summed E-state index contributed by atoms with van der Waals surface area (Å²) in [4.78, 5) is 0. The number of hydrogen-bond donors (Lipinski definition) is 1. The third-order valence-corrected chi connectivity index (χ3v) is 1.56. The second-order valence-electron chi connectivity index (χ2n) is 2.56. The zero-order valence-corrected chi connectivity index (χ0v) is 6.42. The van der Waals surface area contributed by atoms with Crippen LogP contribution < -0.4 is 0 Å². The van der Waals surface area contributed by atoms with Crippen LogP contribution in [0.3, 0.4) is 0 Å². The van der Waals surface area contributed by atoms with Crippen molar-refractivity contribution in [3.8, 4) is 0 Å². The molecule has 60 valence electrons. The van der Waals surface area contributed by atoms with Gasteiger partial charge in [0.05, 0.1) is 6.61 Å². The Hall–Kier alpha value is -0.890. The van der Waals surface area contributed by atoms with Gasteiger partial charge in [-0.1, -0.05) is 29.8 Å². The van der Waals surface area contributed by atoms with Gasteiger partial charge in [0.2, 0.25) is 0 Å². The van der Waals surface area contributed by atoms with Gasteiger partial charge in [-0.25, -0.2) is 4.39 Å². The molecule has 0 fully saturated rings. The molecule has 1 N–H and O–H groups in total. The van der Waals surface area contributed by atoms with Crippen LogP contribution in [0.1, 0.15) is 17.3 Å². The summed E-state index contributed by atoms with van der Waals surface area (Å²) in [6.45, 7) is 1.46. The van der Waals surface area contributed by atoms with Gasteiger partial charge in [0.1, 0.15) is 6.17 Å². The molecule has 0 aliphatic rings. The average molecular weight is 154 g/mol. The van der Waals surface area contributed by atoms with E-state index < -0.39 is 12.8 Å². The third-order valence-electron chi connectivity index (χ3n) is 1.56. The monoisotopic (exact) mass is 154 g/mol. The van der Waals surface area contributed by atoms with Crippen molar-refractivity contribution in [3.05, 3.63) is 35.4 Å². The normalized spacial score (nSPS) is 13.0. The molecule has 2 heteroatoms. The van der Waals surface area contributed by atoms with Crippen molar-refractivity contribution >= 4 is 0 Å². The maximum atomic E-state index is 12.8. The first kappa shape index (κ1) is 8.21. The van der Waals surface area contributed by atoms with Crippen molar-refractivity contribution in [3.63, 3.8) is 0 Å². The Bertz CT molecular complexity index is 235. The first-order valence-corrected chi connectivity index (χ1v) is 3.55. The molecule has 1 unspecified atom stereocenters. The number of alkyl halides is 1. The molecule has 0 saturated carbocycles. The lowest BCUT2D eigenvalue weighted by Crippen LogP contribution is -1.96. The highest BCUT2D eigenvalue weighted by Gasteiger charge is 2.06. The summed E-state index contributed by atoms with van der Waals surface area (Å²) in [5.41, 5.74) is 1.56. The second kappa shape index (κ2) is 3.49. The Morgan fingerprint density at radius 2 is 2.27 bits per heavy atom. The summed E-state index contributed by atoms with van der Waals surface area (Å²) in [6.07, 6.45) is -1.24. The fourth-order valence-corrected chi connectivity index (χ4v) is 0.970. The molecule has 0 spiro atoms. The van der Waals surface area contributed by atoms with Crippen LogP contribution in [-0.2, 0) is 0 Å². The molecule has 1 atom stereocenters. The van der Waals surface area contributed by atoms with E-state index in [-0.39, 0.29) is 0 Å². The van der Waals surface area contributed by atoms with Crippen molar-refractivity contribution in [1.82, 2.24) is 0 Å². The molecule has 0 heterocycles. The van der Waals surface area contributed by atoms with Crippen LogP contribution >= 0.6 is 0 Å². The van der Waals surface area contributed by atoms with Crippen molar-refractivity contribution < 1.29 is 9.50 Å². The summed E-state index contributed by atoms with van der Waals surface area (Å²) < 4.78 is 12.8. The Morgan fingerprint density at radius 1 is 1.55 bits per heavy atom. The molecule has 0 aliphatic carbocycles. The fraction of sp³-hybridized carbons (Fsp3) is 0.333. The standard InChI is InChI=1S/C9H11FO/c1-7-3-2-4-8(5-7)9(10)6-11/h2-5,9,11H,6H2,1H3. The van der Waals surface area contributed by atoms with Crippen LogP contribution in [0, 0.1) is 6.92 Å². The van der Waals surface area contributed by atoms with E-state index >= 15 is 0 Å². The van der Waals surface area contributed by atoms with E-state index in [0.717, 1.165) is 5.56 Å². The highest BCUT2D eigenvalue weighted by Crippen LogP contribution is 2.16. The summed E-state index contributed by atoms with van der Waals surface area (Å²) in [6, 6.07) is 7.09. The van der Waals surface area contributed by atoms with E-state index in [1.807, 2.05) is 13.0 Å². The molecule has 1 aromatic rings. The van der Waals surface area contributed by atoms with Crippen LogP contribution in [0.2, 0.25) is 0 Å². The highest BCUT2D eigenvalue weighted by atomic mass is 19.1. The topological polar surface area (TPSA) is 20.2 Å². The van der Waals surface area contributed by atoms with Crippen molar-refractivity contribution in [2.24, 2.45) is 0 Å². The number of rotatable bonds is 2. The molecule has 0 bridgehead atoms. The van der Waals surface area contributed by atoms with Crippen LogP contribution in [0.25, 0.3) is 0 Å². The van der Waals surface area contributed by atoms with E-state index in [9.17, 15) is 4.39 Å². The van der Waals surface area contributed by atoms with E-state index in [1.165, 1.54) is 0 Å². The minimum atomic E-state index is -1.24. The molecule has 0 radical (unpaired) electrons. The van der Waals surface area contributed by atoms with Gasteiger partial charge in [0, 0.05) is 0 Å². The molecular weight excluding hydrogens is 143 g/mol. The summed E-state index contributed by atoms with van der Waals surface area (Å²) in [5, 5.41) is 8.50. The zero-order chi connectivity index (χ0) is 8.27. The smallest absolute Gasteiger partial charge is 0.148 e. The van der Waals surface area contributed by atoms with Gasteiger partial charge in [-0.15, -0.1) is 0 Å². The van der Waals surface area contributed by atoms with Gasteiger partial charge < -0.3 is 5.11 Å². The molecule has 0 aromatic heterocycles. The minimum absolute atomic E-state index is 0.441. The van der Waals surface area contributed by atoms with Gasteiger partial charge in [-0.05, 0) is 12.5 Å². The van der Waals surface area contributed by atoms with E-state index in [0.29, 0.717) is 5.56 Å². The number of hydrogen-bond acceptors (Lipinski definition) is 1. The molecule has 0 saturated heterocycles. The Morgan fingerprint density at radius 3 is 2.82 bits per heavy atom. The predicted molar refractivity (Wildman–Crippen MR) is 42.1 cm³/mol. The molecule has 0 amide bonds. The second-order valence-corrected chi connectivity index (χ2v) is 2.56. The van der Waals surface area contributed by atoms with Crippen LogP contribution in [0.4, 0.5) is 4.39 Å². The van der Waals surface area contributed by atoms with Crippen LogP contribution in [0.5, 0.6) is 0 Å². The van der Waals surface area contributed by atoms with E-state index in [2.05, 4.69) is 0 Å². The number of halogens is 1. The highest BCUT2D eigenvalue weighted by molar-refractivity contribution is 5.23.